The van der Waals surface area contributed by atoms with Crippen molar-refractivity contribution in [3.05, 3.63) is 65.4 Å². The van der Waals surface area contributed by atoms with Gasteiger partial charge >= 0.3 is 0 Å². The molecule has 1 atom stereocenters. The Morgan fingerprint density at radius 3 is 2.62 bits per heavy atom. The van der Waals surface area contributed by atoms with Crippen LogP contribution in [0.25, 0.3) is 28.0 Å². The molecular formula is C27H26F3N5O4. The molecule has 2 N–H and O–H groups in total. The molecule has 3 aromatic heterocycles. The smallest absolute Gasteiger partial charge is 0.266 e. The zero-order valence-electron chi connectivity index (χ0n) is 21.4. The average molecular weight is 542 g/mol. The summed E-state index contributed by atoms with van der Waals surface area (Å²) in [7, 11) is 1.35. The lowest BCUT2D eigenvalue weighted by molar-refractivity contribution is 0.0738. The summed E-state index contributed by atoms with van der Waals surface area (Å²) in [5, 5.41) is 17.2. The monoisotopic (exact) mass is 541 g/mol. The quantitative estimate of drug-likeness (QED) is 0.359. The third-order valence-electron chi connectivity index (χ3n) is 6.43. The number of amides is 1. The van der Waals surface area contributed by atoms with E-state index in [0.29, 0.717) is 36.5 Å². The SMILES string of the molecule is CNC(=O)c1cc(-c2cnc3cc(-c4ccc(C(C)(C)O)nc4)c(O[C@H]4CCOC4)nn23)c(F)c(C(F)F)c1. The highest BCUT2D eigenvalue weighted by Gasteiger charge is 2.26. The van der Waals surface area contributed by atoms with Crippen LogP contribution in [0.4, 0.5) is 13.2 Å². The summed E-state index contributed by atoms with van der Waals surface area (Å²) in [6.07, 6.45) is 0.0675. The van der Waals surface area contributed by atoms with Crippen LogP contribution in [0.5, 0.6) is 5.88 Å². The molecule has 4 aromatic rings. The zero-order valence-corrected chi connectivity index (χ0v) is 21.4. The minimum Gasteiger partial charge on any atom is -0.470 e. The molecule has 12 heteroatoms. The maximum absolute atomic E-state index is 15.3. The lowest BCUT2D eigenvalue weighted by atomic mass is 10.0. The molecule has 0 bridgehead atoms. The summed E-state index contributed by atoms with van der Waals surface area (Å²) in [4.78, 5) is 20.9. The van der Waals surface area contributed by atoms with Crippen molar-refractivity contribution in [3.63, 3.8) is 0 Å². The topological polar surface area (TPSA) is 111 Å². The number of imidazole rings is 1. The maximum Gasteiger partial charge on any atom is 0.266 e. The predicted molar refractivity (Wildman–Crippen MR) is 135 cm³/mol. The van der Waals surface area contributed by atoms with Gasteiger partial charge in [-0.3, -0.25) is 9.78 Å². The highest BCUT2D eigenvalue weighted by atomic mass is 19.3. The Kier molecular flexibility index (Phi) is 7.00. The van der Waals surface area contributed by atoms with Gasteiger partial charge in [-0.1, -0.05) is 6.07 Å². The van der Waals surface area contributed by atoms with Crippen LogP contribution in [0.2, 0.25) is 0 Å². The number of carbonyl (C=O) groups excluding carboxylic acids is 1. The number of carbonyl (C=O) groups is 1. The Hall–Kier alpha value is -4.03. The number of nitrogens with one attached hydrogen (secondary N) is 1. The Balaban J connectivity index is 1.68. The largest absolute Gasteiger partial charge is 0.470 e. The average Bonchev–Trinajstić information content (AvgIpc) is 3.57. The van der Waals surface area contributed by atoms with Crippen molar-refractivity contribution >= 4 is 11.6 Å². The van der Waals surface area contributed by atoms with E-state index < -0.39 is 29.3 Å². The van der Waals surface area contributed by atoms with Gasteiger partial charge in [0.2, 0.25) is 5.88 Å². The van der Waals surface area contributed by atoms with Crippen LogP contribution in [0.3, 0.4) is 0 Å². The van der Waals surface area contributed by atoms with Crippen LogP contribution in [0.1, 0.15) is 48.3 Å². The van der Waals surface area contributed by atoms with Crippen molar-refractivity contribution in [3.8, 4) is 28.3 Å². The molecule has 1 amide bonds. The van der Waals surface area contributed by atoms with Gasteiger partial charge in [-0.25, -0.2) is 22.7 Å². The fourth-order valence-electron chi connectivity index (χ4n) is 4.32. The first-order chi connectivity index (χ1) is 18.6. The van der Waals surface area contributed by atoms with E-state index in [1.165, 1.54) is 23.8 Å². The van der Waals surface area contributed by atoms with E-state index in [0.717, 1.165) is 6.07 Å². The number of nitrogens with zero attached hydrogens (tertiary/aromatic N) is 4. The number of fused-ring (bicyclic) bond motifs is 1. The Labute approximate surface area is 221 Å². The van der Waals surface area contributed by atoms with Gasteiger partial charge < -0.3 is 19.9 Å². The fraction of sp³-hybridized carbons (Fsp3) is 0.333. The zero-order chi connectivity index (χ0) is 27.9. The molecule has 39 heavy (non-hydrogen) atoms. The molecular weight excluding hydrogens is 515 g/mol. The van der Waals surface area contributed by atoms with E-state index >= 15 is 4.39 Å². The van der Waals surface area contributed by atoms with Crippen molar-refractivity contribution < 1.29 is 32.5 Å². The second kappa shape index (κ2) is 10.3. The molecule has 4 heterocycles. The van der Waals surface area contributed by atoms with Crippen LogP contribution in [-0.4, -0.2) is 57.0 Å². The van der Waals surface area contributed by atoms with E-state index in [9.17, 15) is 18.7 Å². The first-order valence-electron chi connectivity index (χ1n) is 12.2. The van der Waals surface area contributed by atoms with E-state index in [2.05, 4.69) is 20.4 Å². The molecule has 1 aromatic carbocycles. The fourth-order valence-corrected chi connectivity index (χ4v) is 4.32. The molecule has 204 valence electrons. The second-order valence-electron chi connectivity index (χ2n) is 9.68. The number of hydrogen-bond donors (Lipinski definition) is 2. The first kappa shape index (κ1) is 26.6. The number of pyridine rings is 1. The van der Waals surface area contributed by atoms with Crippen molar-refractivity contribution in [2.24, 2.45) is 0 Å². The summed E-state index contributed by atoms with van der Waals surface area (Å²) in [5.74, 6) is -1.65. The first-order valence-corrected chi connectivity index (χ1v) is 12.2. The predicted octanol–water partition coefficient (Wildman–Crippen LogP) is 4.29. The van der Waals surface area contributed by atoms with Crippen LogP contribution in [0, 0.1) is 5.82 Å². The minimum atomic E-state index is -3.15. The van der Waals surface area contributed by atoms with E-state index in [1.54, 1.807) is 38.2 Å². The lowest BCUT2D eigenvalue weighted by Crippen LogP contribution is -2.19. The Morgan fingerprint density at radius 1 is 1.21 bits per heavy atom. The standard InChI is InChI=1S/C27H26F3N5O4/c1-27(2,37)21-5-4-14(11-32-21)17-10-22-33-12-20(35(22)34-26(17)39-16-6-7-38-13-16)18-8-15(25(36)31-3)9-19(23(18)28)24(29)30/h4-5,8-12,16,24,37H,6-7,13H2,1-3H3,(H,31,36)/t16-/m0/s1. The molecule has 0 spiro atoms. The highest BCUT2D eigenvalue weighted by Crippen LogP contribution is 2.35. The number of benzene rings is 1. The summed E-state index contributed by atoms with van der Waals surface area (Å²) < 4.78 is 55.5. The van der Waals surface area contributed by atoms with Gasteiger partial charge in [0.15, 0.2) is 5.65 Å². The third-order valence-corrected chi connectivity index (χ3v) is 6.43. The van der Waals surface area contributed by atoms with Crippen molar-refractivity contribution in [2.75, 3.05) is 20.3 Å². The number of alkyl halides is 2. The molecule has 5 rings (SSSR count). The lowest BCUT2D eigenvalue weighted by Gasteiger charge is -2.18. The van der Waals surface area contributed by atoms with Crippen LogP contribution < -0.4 is 10.1 Å². The number of ether oxygens (including phenoxy) is 2. The molecule has 0 radical (unpaired) electrons. The van der Waals surface area contributed by atoms with Gasteiger partial charge in [0.05, 0.1) is 41.9 Å². The van der Waals surface area contributed by atoms with Gasteiger partial charge in [0.1, 0.15) is 17.5 Å². The van der Waals surface area contributed by atoms with Crippen LogP contribution >= 0.6 is 0 Å². The molecule has 1 aliphatic heterocycles. The number of rotatable bonds is 7. The minimum absolute atomic E-state index is 0.0599. The van der Waals surface area contributed by atoms with E-state index in [-0.39, 0.29) is 34.5 Å². The van der Waals surface area contributed by atoms with Crippen molar-refractivity contribution in [1.82, 2.24) is 24.9 Å². The molecule has 1 aliphatic rings. The number of aromatic nitrogens is 4. The summed E-state index contributed by atoms with van der Waals surface area (Å²) in [6, 6.07) is 7.12. The molecule has 0 aliphatic carbocycles. The molecule has 9 nitrogen and oxygen atoms in total. The van der Waals surface area contributed by atoms with E-state index in [1.807, 2.05) is 0 Å². The molecule has 0 saturated carbocycles. The molecule has 1 saturated heterocycles. The molecule has 1 fully saturated rings. The maximum atomic E-state index is 15.3. The number of aliphatic hydroxyl groups is 1. The molecule has 0 unspecified atom stereocenters. The van der Waals surface area contributed by atoms with Gasteiger partial charge in [-0.05, 0) is 38.1 Å². The van der Waals surface area contributed by atoms with E-state index in [4.69, 9.17) is 9.47 Å². The third kappa shape index (κ3) is 5.17. The second-order valence-corrected chi connectivity index (χ2v) is 9.68. The summed E-state index contributed by atoms with van der Waals surface area (Å²) in [5.41, 5.74) is -0.456. The van der Waals surface area contributed by atoms with Gasteiger partial charge in [0, 0.05) is 36.4 Å². The Bertz CT molecular complexity index is 1530. The van der Waals surface area contributed by atoms with Crippen LogP contribution in [-0.2, 0) is 10.3 Å². The summed E-state index contributed by atoms with van der Waals surface area (Å²) in [6.45, 7) is 4.13. The van der Waals surface area contributed by atoms with Gasteiger partial charge in [-0.15, -0.1) is 5.10 Å². The normalized spacial score (nSPS) is 15.7. The van der Waals surface area contributed by atoms with Crippen molar-refractivity contribution in [2.45, 2.75) is 38.4 Å². The van der Waals surface area contributed by atoms with Crippen LogP contribution in [0.15, 0.2) is 42.7 Å². The van der Waals surface area contributed by atoms with Gasteiger partial charge in [0.25, 0.3) is 12.3 Å². The van der Waals surface area contributed by atoms with Gasteiger partial charge in [-0.2, -0.15) is 0 Å². The highest BCUT2D eigenvalue weighted by molar-refractivity contribution is 5.95. The Morgan fingerprint density at radius 2 is 2.00 bits per heavy atom. The number of hydrogen-bond acceptors (Lipinski definition) is 7. The summed E-state index contributed by atoms with van der Waals surface area (Å²) >= 11 is 0. The number of halogens is 3. The van der Waals surface area contributed by atoms with Crippen molar-refractivity contribution in [1.29, 1.82) is 0 Å².